The number of allylic oxidation sites excluding steroid dienone is 1. The van der Waals surface area contributed by atoms with Gasteiger partial charge in [0.1, 0.15) is 5.76 Å². The SMILES string of the molecule is C/C(=C\C(=O)NC(C)(C)C)OC(=O)c1nc(Cl)c(N)nc1N.CSC(=N)N.CSC(=N)N.CSC(=N)NC(=O)c1nc(Cl)c(N)nc1N.O=S(=O)(O)O. The molecular weight excluding hydrogens is 826 g/mol. The van der Waals surface area contributed by atoms with Crippen LogP contribution in [0.25, 0.3) is 0 Å². The molecule has 29 heteroatoms. The number of carbonyl (C=O) groups is 3. The zero-order valence-electron chi connectivity index (χ0n) is 29.1. The fourth-order valence-corrected chi connectivity index (χ4v) is 2.68. The molecule has 0 aliphatic rings. The number of nitrogen functional groups attached to an aromatic ring is 4. The highest BCUT2D eigenvalue weighted by Gasteiger charge is 2.19. The number of ether oxygens (including phenoxy) is 1. The third kappa shape index (κ3) is 28.8. The second-order valence-corrected chi connectivity index (χ2v) is 13.8. The van der Waals surface area contributed by atoms with Crippen LogP contribution in [0.5, 0.6) is 0 Å². The lowest BCUT2D eigenvalue weighted by Crippen LogP contribution is -2.39. The summed E-state index contributed by atoms with van der Waals surface area (Å²) in [6, 6.07) is 0. The minimum absolute atomic E-state index is 0.0286. The van der Waals surface area contributed by atoms with Gasteiger partial charge in [-0.2, -0.15) is 8.42 Å². The van der Waals surface area contributed by atoms with E-state index in [0.29, 0.717) is 0 Å². The summed E-state index contributed by atoms with van der Waals surface area (Å²) in [6.07, 6.45) is 6.32. The van der Waals surface area contributed by atoms with Crippen molar-refractivity contribution < 1.29 is 36.6 Å². The highest BCUT2D eigenvalue weighted by molar-refractivity contribution is 8.13. The molecule has 0 unspecified atom stereocenters. The second-order valence-electron chi connectivity index (χ2n) is 9.72. The van der Waals surface area contributed by atoms with Crippen LogP contribution in [0.1, 0.15) is 48.7 Å². The molecule has 298 valence electrons. The van der Waals surface area contributed by atoms with Gasteiger partial charge in [0.15, 0.2) is 60.5 Å². The number of esters is 1. The number of rotatable bonds is 4. The summed E-state index contributed by atoms with van der Waals surface area (Å²) in [6.45, 7) is 6.93. The lowest BCUT2D eigenvalue weighted by atomic mass is 10.1. The first kappa shape index (κ1) is 53.0. The second kappa shape index (κ2) is 25.6. The maximum absolute atomic E-state index is 11.9. The minimum Gasteiger partial charge on any atom is -0.426 e. The van der Waals surface area contributed by atoms with Crippen molar-refractivity contribution in [2.24, 2.45) is 11.5 Å². The van der Waals surface area contributed by atoms with Gasteiger partial charge in [0.2, 0.25) is 5.91 Å². The van der Waals surface area contributed by atoms with Crippen molar-refractivity contribution >= 4 is 125 Å². The van der Waals surface area contributed by atoms with Gasteiger partial charge in [0.05, 0.1) is 0 Å². The molecule has 0 aromatic carbocycles. The molecule has 0 aliphatic carbocycles. The summed E-state index contributed by atoms with van der Waals surface area (Å²) in [5.74, 6) is -2.33. The van der Waals surface area contributed by atoms with E-state index in [0.717, 1.165) is 17.8 Å². The lowest BCUT2D eigenvalue weighted by Gasteiger charge is -2.19. The smallest absolute Gasteiger partial charge is 0.394 e. The molecule has 2 amide bonds. The van der Waals surface area contributed by atoms with Crippen LogP contribution in [0, 0.1) is 16.2 Å². The first-order chi connectivity index (χ1) is 24.0. The maximum atomic E-state index is 11.9. The first-order valence-electron chi connectivity index (χ1n) is 13.3. The first-order valence-corrected chi connectivity index (χ1v) is 19.1. The number of hydrogen-bond donors (Lipinski definition) is 13. The predicted octanol–water partition coefficient (Wildman–Crippen LogP) is 1.42. The molecule has 0 atom stereocenters. The van der Waals surface area contributed by atoms with Gasteiger partial charge in [-0.3, -0.25) is 34.9 Å². The summed E-state index contributed by atoms with van der Waals surface area (Å²) >= 11 is 14.8. The molecule has 0 saturated carbocycles. The van der Waals surface area contributed by atoms with Gasteiger partial charge in [-0.25, -0.2) is 24.7 Å². The predicted molar refractivity (Wildman–Crippen MR) is 213 cm³/mol. The van der Waals surface area contributed by atoms with E-state index in [1.807, 2.05) is 20.8 Å². The van der Waals surface area contributed by atoms with E-state index < -0.39 is 33.7 Å². The number of amides is 2. The molecule has 0 fully saturated rings. The van der Waals surface area contributed by atoms with Crippen molar-refractivity contribution in [2.45, 2.75) is 33.2 Å². The van der Waals surface area contributed by atoms with E-state index in [1.165, 1.54) is 30.4 Å². The number of carbonyl (C=O) groups excluding carboxylic acids is 3. The number of aromatic nitrogens is 4. The Labute approximate surface area is 327 Å². The number of amidine groups is 3. The summed E-state index contributed by atoms with van der Waals surface area (Å²) in [7, 11) is -4.67. The zero-order chi connectivity index (χ0) is 42.4. The van der Waals surface area contributed by atoms with E-state index in [-0.39, 0.29) is 66.2 Å². The number of nitrogens with zero attached hydrogens (tertiary/aromatic N) is 4. The Bertz CT molecular complexity index is 1740. The highest BCUT2D eigenvalue weighted by atomic mass is 35.5. The number of nitrogens with one attached hydrogen (secondary N) is 5. The monoisotopic (exact) mass is 865 g/mol. The third-order valence-corrected chi connectivity index (χ3v) is 6.12. The van der Waals surface area contributed by atoms with E-state index >= 15 is 0 Å². The largest absolute Gasteiger partial charge is 0.426 e. The van der Waals surface area contributed by atoms with Gasteiger partial charge < -0.3 is 49.8 Å². The van der Waals surface area contributed by atoms with Gasteiger partial charge in [0.25, 0.3) is 5.91 Å². The zero-order valence-corrected chi connectivity index (χ0v) is 33.8. The molecular formula is C24H41Cl2N15O8S4. The summed E-state index contributed by atoms with van der Waals surface area (Å²) in [5, 5.41) is 25.2. The normalized spacial score (nSPS) is 10.4. The molecule has 0 spiro atoms. The lowest BCUT2D eigenvalue weighted by molar-refractivity contribution is -0.118. The fraction of sp³-hybridized carbons (Fsp3) is 0.333. The topological polar surface area (TPSA) is 438 Å². The maximum Gasteiger partial charge on any atom is 0.394 e. The molecule has 0 aliphatic heterocycles. The number of hydrogen-bond acceptors (Lipinski definition) is 20. The number of anilines is 4. The van der Waals surface area contributed by atoms with Crippen LogP contribution in [0.2, 0.25) is 10.3 Å². The van der Waals surface area contributed by atoms with Crippen molar-refractivity contribution in [3.8, 4) is 0 Å². The van der Waals surface area contributed by atoms with E-state index in [4.69, 9.17) is 96.1 Å². The van der Waals surface area contributed by atoms with Crippen molar-refractivity contribution in [3.05, 3.63) is 33.5 Å². The number of halogens is 2. The van der Waals surface area contributed by atoms with Gasteiger partial charge in [-0.1, -0.05) is 58.5 Å². The summed E-state index contributed by atoms with van der Waals surface area (Å²) in [5.41, 5.74) is 30.6. The fourth-order valence-electron chi connectivity index (χ4n) is 2.23. The molecule has 23 nitrogen and oxygen atoms in total. The Morgan fingerprint density at radius 3 is 1.49 bits per heavy atom. The standard InChI is InChI=1S/C13H18ClN5O3.C7H9ClN6OS.2C2H6N2S.H2O4S/c1-6(5-7(20)19-13(2,3)4)22-12(21)8-10(15)18-11(16)9(14)17-8;1-16-7(11)14-6(15)2-4(9)13-5(10)3(8)12-2;2*1-5-2(3)4;1-5(2,3)4/h5H,1-4H3,(H,19,20)(H4,15,16,18);1H3,(H4,9,10,13)(H2,11,14,15);2*1H3,(H3,3,4);(H2,1,2,3,4)/b6-5+;;;;. The molecule has 2 rings (SSSR count). The van der Waals surface area contributed by atoms with Crippen LogP contribution in [0.15, 0.2) is 11.8 Å². The Balaban J connectivity index is -0.000000696. The van der Waals surface area contributed by atoms with E-state index in [2.05, 4.69) is 30.6 Å². The summed E-state index contributed by atoms with van der Waals surface area (Å²) < 4.78 is 36.6. The number of thioether (sulfide) groups is 3. The van der Waals surface area contributed by atoms with Crippen LogP contribution < -0.4 is 45.0 Å². The van der Waals surface area contributed by atoms with E-state index in [1.54, 1.807) is 18.8 Å². The molecule has 19 N–H and O–H groups in total. The third-order valence-electron chi connectivity index (χ3n) is 4.18. The van der Waals surface area contributed by atoms with Gasteiger partial charge in [-0.15, -0.1) is 0 Å². The van der Waals surface area contributed by atoms with E-state index in [9.17, 15) is 14.4 Å². The molecule has 0 saturated heterocycles. The van der Waals surface area contributed by atoms with Crippen LogP contribution >= 0.6 is 58.5 Å². The van der Waals surface area contributed by atoms with Crippen molar-refractivity contribution in [1.29, 1.82) is 16.2 Å². The summed E-state index contributed by atoms with van der Waals surface area (Å²) in [4.78, 5) is 49.9. The van der Waals surface area contributed by atoms with Gasteiger partial charge in [-0.05, 0) is 46.5 Å². The minimum atomic E-state index is -4.67. The average molecular weight is 867 g/mol. The van der Waals surface area contributed by atoms with Gasteiger partial charge in [0, 0.05) is 11.6 Å². The van der Waals surface area contributed by atoms with Crippen molar-refractivity contribution in [2.75, 3.05) is 41.7 Å². The Hall–Kier alpha value is -4.38. The quantitative estimate of drug-likeness (QED) is 0.0516. The molecule has 0 bridgehead atoms. The van der Waals surface area contributed by atoms with Gasteiger partial charge >= 0.3 is 16.4 Å². The average Bonchev–Trinajstić information content (AvgIpc) is 2.99. The Morgan fingerprint density at radius 2 is 1.15 bits per heavy atom. The number of nitrogens with two attached hydrogens (primary N) is 6. The molecule has 2 aromatic rings. The Morgan fingerprint density at radius 1 is 0.792 bits per heavy atom. The van der Waals surface area contributed by atoms with Crippen LogP contribution in [-0.2, 0) is 19.9 Å². The molecule has 2 heterocycles. The van der Waals surface area contributed by atoms with Crippen molar-refractivity contribution in [1.82, 2.24) is 30.6 Å². The van der Waals surface area contributed by atoms with Crippen molar-refractivity contribution in [3.63, 3.8) is 0 Å². The molecule has 0 radical (unpaired) electrons. The molecule has 53 heavy (non-hydrogen) atoms. The Kier molecular flexibility index (Phi) is 25.6. The van der Waals surface area contributed by atoms with Crippen LogP contribution in [-0.4, -0.2) is 95.1 Å². The van der Waals surface area contributed by atoms with Crippen LogP contribution in [0.4, 0.5) is 23.3 Å². The van der Waals surface area contributed by atoms with Crippen LogP contribution in [0.3, 0.4) is 0 Å². The highest BCUT2D eigenvalue weighted by Crippen LogP contribution is 2.19. The molecule has 2 aromatic heterocycles.